The molecule has 0 aromatic heterocycles. The Morgan fingerprint density at radius 1 is 0.438 bits per heavy atom. The van der Waals surface area contributed by atoms with Crippen molar-refractivity contribution in [2.45, 2.75) is 179 Å². The first kappa shape index (κ1) is 32.4. The second-order valence-electron chi connectivity index (χ2n) is 10.7. The highest BCUT2D eigenvalue weighted by Gasteiger charge is 2.13. The van der Waals surface area contributed by atoms with Crippen LogP contribution in [0, 0.1) is 0 Å². The predicted molar refractivity (Wildman–Crippen MR) is 152 cm³/mol. The zero-order chi connectivity index (χ0) is 23.7. The molecule has 194 valence electrons. The summed E-state index contributed by atoms with van der Waals surface area (Å²) in [5.74, 6) is 0. The van der Waals surface area contributed by atoms with Gasteiger partial charge in [-0.2, -0.15) is 0 Å². The van der Waals surface area contributed by atoms with Gasteiger partial charge in [-0.05, 0) is 39.8 Å². The third kappa shape index (κ3) is 23.6. The molecule has 0 amide bonds. The first-order chi connectivity index (χ1) is 15.6. The van der Waals surface area contributed by atoms with Crippen LogP contribution in [0.5, 0.6) is 0 Å². The average Bonchev–Trinajstić information content (AvgIpc) is 2.77. The van der Waals surface area contributed by atoms with Crippen molar-refractivity contribution in [2.24, 2.45) is 0 Å². The van der Waals surface area contributed by atoms with E-state index in [0.717, 1.165) is 10.9 Å². The molecule has 0 aromatic carbocycles. The van der Waals surface area contributed by atoms with Gasteiger partial charge in [-0.3, -0.25) is 0 Å². The van der Waals surface area contributed by atoms with Crippen LogP contribution in [-0.4, -0.2) is 29.9 Å². The normalized spacial score (nSPS) is 13.7. The molecule has 0 aliphatic rings. The standard InChI is InChI=1S/C30H62BrN/c1-5-7-8-9-10-11-12-13-14-15-16-17-18-19-20-21-22-23-24-26-30(32(3)4)28-27-29(31)25-6-2/h29-30H,5-28H2,1-4H3. The molecule has 1 nitrogen and oxygen atoms in total. The second kappa shape index (κ2) is 26.1. The molecule has 0 aliphatic heterocycles. The molecule has 0 aromatic rings. The van der Waals surface area contributed by atoms with Gasteiger partial charge in [0, 0.05) is 10.9 Å². The molecule has 2 heteroatoms. The molecule has 2 unspecified atom stereocenters. The zero-order valence-electron chi connectivity index (χ0n) is 23.0. The maximum Gasteiger partial charge on any atom is 0.0146 e. The maximum atomic E-state index is 3.86. The third-order valence-electron chi connectivity index (χ3n) is 7.29. The lowest BCUT2D eigenvalue weighted by atomic mass is 9.99. The van der Waals surface area contributed by atoms with E-state index >= 15 is 0 Å². The van der Waals surface area contributed by atoms with Crippen LogP contribution < -0.4 is 0 Å². The molecule has 0 aliphatic carbocycles. The summed E-state index contributed by atoms with van der Waals surface area (Å²) in [5, 5.41) is 0. The van der Waals surface area contributed by atoms with Crippen molar-refractivity contribution in [1.82, 2.24) is 4.90 Å². The summed E-state index contributed by atoms with van der Waals surface area (Å²) < 4.78 is 0. The molecule has 0 spiro atoms. The van der Waals surface area contributed by atoms with Crippen LogP contribution in [0.1, 0.15) is 168 Å². The quantitative estimate of drug-likeness (QED) is 0.0816. The minimum atomic E-state index is 0.722. The van der Waals surface area contributed by atoms with Crippen LogP contribution >= 0.6 is 15.9 Å². The summed E-state index contributed by atoms with van der Waals surface area (Å²) in [4.78, 5) is 3.18. The predicted octanol–water partition coefficient (Wildman–Crippen LogP) is 11.1. The van der Waals surface area contributed by atoms with Crippen LogP contribution in [0.25, 0.3) is 0 Å². The molecular weight excluding hydrogens is 454 g/mol. The molecule has 2 atom stereocenters. The summed E-state index contributed by atoms with van der Waals surface area (Å²) in [7, 11) is 4.53. The van der Waals surface area contributed by atoms with E-state index in [2.05, 4.69) is 48.8 Å². The fraction of sp³-hybridized carbons (Fsp3) is 1.00. The van der Waals surface area contributed by atoms with E-state index in [1.54, 1.807) is 0 Å². The Kier molecular flexibility index (Phi) is 26.4. The smallest absolute Gasteiger partial charge is 0.0146 e. The fourth-order valence-corrected chi connectivity index (χ4v) is 5.67. The fourth-order valence-electron chi connectivity index (χ4n) is 4.95. The SMILES string of the molecule is CCCCCCCCCCCCCCCCCCCCCC(CCC(Br)CCC)N(C)C. The van der Waals surface area contributed by atoms with E-state index in [1.807, 2.05) is 0 Å². The van der Waals surface area contributed by atoms with E-state index in [9.17, 15) is 0 Å². The molecule has 0 bridgehead atoms. The van der Waals surface area contributed by atoms with Crippen molar-refractivity contribution in [3.8, 4) is 0 Å². The van der Waals surface area contributed by atoms with Gasteiger partial charge in [0.15, 0.2) is 0 Å². The Balaban J connectivity index is 3.32. The second-order valence-corrected chi connectivity index (χ2v) is 12.0. The van der Waals surface area contributed by atoms with Crippen LogP contribution in [0.15, 0.2) is 0 Å². The Morgan fingerprint density at radius 2 is 0.812 bits per heavy atom. The van der Waals surface area contributed by atoms with E-state index < -0.39 is 0 Å². The van der Waals surface area contributed by atoms with Crippen LogP contribution in [0.4, 0.5) is 0 Å². The van der Waals surface area contributed by atoms with Crippen molar-refractivity contribution in [3.63, 3.8) is 0 Å². The van der Waals surface area contributed by atoms with Gasteiger partial charge in [-0.25, -0.2) is 0 Å². The van der Waals surface area contributed by atoms with Gasteiger partial charge in [-0.1, -0.05) is 158 Å². The first-order valence-corrected chi connectivity index (χ1v) is 15.8. The zero-order valence-corrected chi connectivity index (χ0v) is 24.5. The largest absolute Gasteiger partial charge is 0.306 e. The molecule has 0 heterocycles. The Morgan fingerprint density at radius 3 is 1.16 bits per heavy atom. The van der Waals surface area contributed by atoms with Gasteiger partial charge in [0.1, 0.15) is 0 Å². The van der Waals surface area contributed by atoms with E-state index in [1.165, 1.54) is 154 Å². The van der Waals surface area contributed by atoms with Gasteiger partial charge in [0.05, 0.1) is 0 Å². The number of hydrogen-bond donors (Lipinski definition) is 0. The molecule has 0 saturated carbocycles. The van der Waals surface area contributed by atoms with Crippen molar-refractivity contribution >= 4 is 15.9 Å². The third-order valence-corrected chi connectivity index (χ3v) is 8.20. The Hall–Kier alpha value is 0.440. The highest BCUT2D eigenvalue weighted by molar-refractivity contribution is 9.09. The average molecular weight is 517 g/mol. The molecule has 32 heavy (non-hydrogen) atoms. The minimum Gasteiger partial charge on any atom is -0.306 e. The molecule has 0 fully saturated rings. The number of unbranched alkanes of at least 4 members (excludes halogenated alkanes) is 18. The van der Waals surface area contributed by atoms with E-state index in [-0.39, 0.29) is 0 Å². The number of nitrogens with zero attached hydrogens (tertiary/aromatic N) is 1. The van der Waals surface area contributed by atoms with Crippen LogP contribution in [-0.2, 0) is 0 Å². The monoisotopic (exact) mass is 515 g/mol. The molecule has 0 saturated heterocycles. The number of rotatable bonds is 26. The molecule has 0 radical (unpaired) electrons. The van der Waals surface area contributed by atoms with Gasteiger partial charge in [0.25, 0.3) is 0 Å². The number of hydrogen-bond acceptors (Lipinski definition) is 1. The topological polar surface area (TPSA) is 3.24 Å². The van der Waals surface area contributed by atoms with Crippen molar-refractivity contribution < 1.29 is 0 Å². The summed E-state index contributed by atoms with van der Waals surface area (Å²) in [5.41, 5.74) is 0. The highest BCUT2D eigenvalue weighted by atomic mass is 79.9. The van der Waals surface area contributed by atoms with Gasteiger partial charge in [-0.15, -0.1) is 0 Å². The summed E-state index contributed by atoms with van der Waals surface area (Å²) >= 11 is 3.86. The summed E-state index contributed by atoms with van der Waals surface area (Å²) in [6, 6.07) is 0.776. The lowest BCUT2D eigenvalue weighted by molar-refractivity contribution is 0.252. The van der Waals surface area contributed by atoms with E-state index in [4.69, 9.17) is 0 Å². The van der Waals surface area contributed by atoms with Crippen molar-refractivity contribution in [1.29, 1.82) is 0 Å². The minimum absolute atomic E-state index is 0.722. The molecular formula is C30H62BrN. The molecule has 0 rings (SSSR count). The van der Waals surface area contributed by atoms with Crippen molar-refractivity contribution in [3.05, 3.63) is 0 Å². The van der Waals surface area contributed by atoms with Crippen LogP contribution in [0.3, 0.4) is 0 Å². The summed E-state index contributed by atoms with van der Waals surface area (Å²) in [6.07, 6.45) is 34.5. The van der Waals surface area contributed by atoms with Gasteiger partial charge < -0.3 is 4.90 Å². The first-order valence-electron chi connectivity index (χ1n) is 14.9. The van der Waals surface area contributed by atoms with E-state index in [0.29, 0.717) is 0 Å². The van der Waals surface area contributed by atoms with Crippen molar-refractivity contribution in [2.75, 3.05) is 14.1 Å². The van der Waals surface area contributed by atoms with Gasteiger partial charge in [0.2, 0.25) is 0 Å². The highest BCUT2D eigenvalue weighted by Crippen LogP contribution is 2.20. The Labute approximate surface area is 213 Å². The molecule has 0 N–H and O–H groups in total. The summed E-state index contributed by atoms with van der Waals surface area (Å²) in [6.45, 7) is 4.59. The van der Waals surface area contributed by atoms with Gasteiger partial charge >= 0.3 is 0 Å². The lowest BCUT2D eigenvalue weighted by Gasteiger charge is -2.25. The number of alkyl halides is 1. The lowest BCUT2D eigenvalue weighted by Crippen LogP contribution is -2.28. The number of halogens is 1. The Bertz CT molecular complexity index is 344. The maximum absolute atomic E-state index is 3.86. The van der Waals surface area contributed by atoms with Crippen LogP contribution in [0.2, 0.25) is 0 Å².